The first-order valence-corrected chi connectivity index (χ1v) is 7.12. The second-order valence-electron chi connectivity index (χ2n) is 5.39. The third-order valence-corrected chi connectivity index (χ3v) is 3.45. The standard InChI is InChI=1S/C16H24N4/c1-5-9-20-16(15(17)13(3)18-20)19(4)11-14-8-6-7-12(2)10-14/h6-8,10H,5,9,11,17H2,1-4H3. The van der Waals surface area contributed by atoms with Gasteiger partial charge in [-0.2, -0.15) is 5.10 Å². The third kappa shape index (κ3) is 2.95. The molecule has 2 N–H and O–H groups in total. The SMILES string of the molecule is CCCn1nc(C)c(N)c1N(C)Cc1cccc(C)c1. The van der Waals surface area contributed by atoms with Crippen molar-refractivity contribution in [2.45, 2.75) is 40.3 Å². The molecule has 0 aliphatic rings. The molecule has 2 aromatic rings. The van der Waals surface area contributed by atoms with Gasteiger partial charge in [-0.15, -0.1) is 0 Å². The van der Waals surface area contributed by atoms with Crippen molar-refractivity contribution in [3.63, 3.8) is 0 Å². The number of anilines is 2. The van der Waals surface area contributed by atoms with Crippen molar-refractivity contribution in [1.29, 1.82) is 0 Å². The number of aromatic nitrogens is 2. The topological polar surface area (TPSA) is 47.1 Å². The second-order valence-corrected chi connectivity index (χ2v) is 5.39. The Morgan fingerprint density at radius 2 is 2.05 bits per heavy atom. The highest BCUT2D eigenvalue weighted by Gasteiger charge is 2.16. The monoisotopic (exact) mass is 272 g/mol. The zero-order chi connectivity index (χ0) is 14.7. The van der Waals surface area contributed by atoms with E-state index in [4.69, 9.17) is 5.73 Å². The van der Waals surface area contributed by atoms with Gasteiger partial charge in [-0.3, -0.25) is 0 Å². The van der Waals surface area contributed by atoms with Gasteiger partial charge < -0.3 is 10.6 Å². The van der Waals surface area contributed by atoms with Crippen LogP contribution in [0.5, 0.6) is 0 Å². The summed E-state index contributed by atoms with van der Waals surface area (Å²) in [6.07, 6.45) is 1.05. The summed E-state index contributed by atoms with van der Waals surface area (Å²) in [4.78, 5) is 2.18. The van der Waals surface area contributed by atoms with Gasteiger partial charge in [0.1, 0.15) is 0 Å². The van der Waals surface area contributed by atoms with E-state index in [1.807, 2.05) is 11.6 Å². The molecule has 0 amide bonds. The molecule has 108 valence electrons. The van der Waals surface area contributed by atoms with Crippen LogP contribution in [-0.4, -0.2) is 16.8 Å². The molecule has 4 nitrogen and oxygen atoms in total. The van der Waals surface area contributed by atoms with Crippen LogP contribution in [0.1, 0.15) is 30.2 Å². The van der Waals surface area contributed by atoms with Crippen molar-refractivity contribution in [2.24, 2.45) is 0 Å². The van der Waals surface area contributed by atoms with E-state index in [-0.39, 0.29) is 0 Å². The molecule has 0 saturated heterocycles. The fraction of sp³-hybridized carbons (Fsp3) is 0.438. The molecule has 1 aromatic heterocycles. The van der Waals surface area contributed by atoms with Gasteiger partial charge in [0, 0.05) is 20.1 Å². The molecule has 4 heteroatoms. The number of hydrogen-bond donors (Lipinski definition) is 1. The first-order valence-electron chi connectivity index (χ1n) is 7.12. The highest BCUT2D eigenvalue weighted by atomic mass is 15.4. The Morgan fingerprint density at radius 3 is 2.70 bits per heavy atom. The summed E-state index contributed by atoms with van der Waals surface area (Å²) in [5.41, 5.74) is 10.5. The maximum Gasteiger partial charge on any atom is 0.150 e. The first kappa shape index (κ1) is 14.4. The van der Waals surface area contributed by atoms with Crippen LogP contribution in [0.4, 0.5) is 11.5 Å². The predicted octanol–water partition coefficient (Wildman–Crippen LogP) is 3.13. The van der Waals surface area contributed by atoms with E-state index < -0.39 is 0 Å². The van der Waals surface area contributed by atoms with Gasteiger partial charge >= 0.3 is 0 Å². The van der Waals surface area contributed by atoms with Crippen molar-refractivity contribution in [3.05, 3.63) is 41.1 Å². The zero-order valence-electron chi connectivity index (χ0n) is 12.8. The predicted molar refractivity (Wildman–Crippen MR) is 85.0 cm³/mol. The van der Waals surface area contributed by atoms with Gasteiger partial charge in [0.05, 0.1) is 11.4 Å². The van der Waals surface area contributed by atoms with Gasteiger partial charge in [0.25, 0.3) is 0 Å². The first-order chi connectivity index (χ1) is 9.52. The zero-order valence-corrected chi connectivity index (χ0v) is 12.8. The Bertz CT molecular complexity index is 586. The minimum absolute atomic E-state index is 0.786. The molecule has 0 saturated carbocycles. The van der Waals surface area contributed by atoms with E-state index >= 15 is 0 Å². The molecule has 0 spiro atoms. The van der Waals surface area contributed by atoms with Crippen molar-refractivity contribution in [1.82, 2.24) is 9.78 Å². The van der Waals surface area contributed by atoms with Crippen LogP contribution in [0.3, 0.4) is 0 Å². The van der Waals surface area contributed by atoms with Crippen molar-refractivity contribution in [2.75, 3.05) is 17.7 Å². The molecule has 0 bridgehead atoms. The number of rotatable bonds is 5. The molecule has 0 aliphatic heterocycles. The molecular weight excluding hydrogens is 248 g/mol. The lowest BCUT2D eigenvalue weighted by Gasteiger charge is -2.21. The van der Waals surface area contributed by atoms with Crippen LogP contribution >= 0.6 is 0 Å². The molecule has 1 heterocycles. The summed E-state index contributed by atoms with van der Waals surface area (Å²) < 4.78 is 2.01. The van der Waals surface area contributed by atoms with Crippen LogP contribution in [0.25, 0.3) is 0 Å². The number of hydrogen-bond acceptors (Lipinski definition) is 3. The molecule has 1 aromatic carbocycles. The molecule has 0 radical (unpaired) electrons. The van der Waals surface area contributed by atoms with Crippen molar-refractivity contribution >= 4 is 11.5 Å². The van der Waals surface area contributed by atoms with E-state index in [0.29, 0.717) is 0 Å². The average Bonchev–Trinajstić information content (AvgIpc) is 2.65. The summed E-state index contributed by atoms with van der Waals surface area (Å²) >= 11 is 0. The summed E-state index contributed by atoms with van der Waals surface area (Å²) in [7, 11) is 2.07. The van der Waals surface area contributed by atoms with Crippen LogP contribution in [-0.2, 0) is 13.1 Å². The molecular formula is C16H24N4. The van der Waals surface area contributed by atoms with E-state index in [0.717, 1.165) is 36.7 Å². The fourth-order valence-electron chi connectivity index (χ4n) is 2.51. The normalized spacial score (nSPS) is 10.8. The third-order valence-electron chi connectivity index (χ3n) is 3.45. The number of nitrogens with zero attached hydrogens (tertiary/aromatic N) is 3. The van der Waals surface area contributed by atoms with Crippen molar-refractivity contribution < 1.29 is 0 Å². The lowest BCUT2D eigenvalue weighted by atomic mass is 10.1. The summed E-state index contributed by atoms with van der Waals surface area (Å²) in [6, 6.07) is 8.56. The lowest BCUT2D eigenvalue weighted by Crippen LogP contribution is -2.21. The van der Waals surface area contributed by atoms with E-state index in [1.54, 1.807) is 0 Å². The largest absolute Gasteiger partial charge is 0.394 e. The molecule has 2 rings (SSSR count). The van der Waals surface area contributed by atoms with Gasteiger partial charge in [-0.1, -0.05) is 36.8 Å². The van der Waals surface area contributed by atoms with Crippen LogP contribution in [0.15, 0.2) is 24.3 Å². The Morgan fingerprint density at radius 1 is 1.30 bits per heavy atom. The van der Waals surface area contributed by atoms with Crippen LogP contribution in [0.2, 0.25) is 0 Å². The number of aryl methyl sites for hydroxylation is 3. The fourth-order valence-corrected chi connectivity index (χ4v) is 2.51. The Labute approximate surface area is 121 Å². The quantitative estimate of drug-likeness (QED) is 0.909. The number of nitrogen functional groups attached to an aromatic ring is 1. The summed E-state index contributed by atoms with van der Waals surface area (Å²) in [5.74, 6) is 1.02. The Balaban J connectivity index is 2.26. The van der Waals surface area contributed by atoms with Gasteiger partial charge in [-0.05, 0) is 25.8 Å². The maximum absolute atomic E-state index is 6.19. The molecule has 0 atom stereocenters. The Hall–Kier alpha value is -1.97. The van der Waals surface area contributed by atoms with Crippen LogP contribution in [0, 0.1) is 13.8 Å². The average molecular weight is 272 g/mol. The lowest BCUT2D eigenvalue weighted by molar-refractivity contribution is 0.591. The summed E-state index contributed by atoms with van der Waals surface area (Å²) in [5, 5.41) is 4.53. The minimum atomic E-state index is 0.786. The van der Waals surface area contributed by atoms with Crippen LogP contribution < -0.4 is 10.6 Å². The van der Waals surface area contributed by atoms with Gasteiger partial charge in [0.15, 0.2) is 5.82 Å². The minimum Gasteiger partial charge on any atom is -0.394 e. The number of nitrogens with two attached hydrogens (primary N) is 1. The van der Waals surface area contributed by atoms with Gasteiger partial charge in [-0.25, -0.2) is 4.68 Å². The summed E-state index contributed by atoms with van der Waals surface area (Å²) in [6.45, 7) is 7.96. The molecule has 0 unspecified atom stereocenters. The second kappa shape index (κ2) is 5.99. The molecule has 0 aliphatic carbocycles. The molecule has 20 heavy (non-hydrogen) atoms. The van der Waals surface area contributed by atoms with Gasteiger partial charge in [0.2, 0.25) is 0 Å². The number of benzene rings is 1. The van der Waals surface area contributed by atoms with Crippen molar-refractivity contribution in [3.8, 4) is 0 Å². The van der Waals surface area contributed by atoms with E-state index in [1.165, 1.54) is 11.1 Å². The van der Waals surface area contributed by atoms with E-state index in [2.05, 4.69) is 55.2 Å². The highest BCUT2D eigenvalue weighted by molar-refractivity contribution is 5.66. The highest BCUT2D eigenvalue weighted by Crippen LogP contribution is 2.27. The molecule has 0 fully saturated rings. The maximum atomic E-state index is 6.19. The Kier molecular flexibility index (Phi) is 4.32. The van der Waals surface area contributed by atoms with E-state index in [9.17, 15) is 0 Å². The smallest absolute Gasteiger partial charge is 0.150 e.